The maximum atomic E-state index is 12.5. The summed E-state index contributed by atoms with van der Waals surface area (Å²) in [5.41, 5.74) is 0.873. The first-order chi connectivity index (χ1) is 13.0. The van der Waals surface area contributed by atoms with E-state index in [4.69, 9.17) is 0 Å². The minimum Gasteiger partial charge on any atom is -0.352 e. The van der Waals surface area contributed by atoms with Gasteiger partial charge in [0.2, 0.25) is 15.9 Å². The van der Waals surface area contributed by atoms with Crippen LogP contribution in [0, 0.1) is 0 Å². The van der Waals surface area contributed by atoms with Gasteiger partial charge in [0.25, 0.3) is 0 Å². The van der Waals surface area contributed by atoms with Crippen molar-refractivity contribution in [2.45, 2.75) is 36.6 Å². The number of benzene rings is 2. The molecule has 7 heteroatoms. The average molecular weight is 407 g/mol. The Morgan fingerprint density at radius 3 is 2.22 bits per heavy atom. The molecular formula is C20H26N2O3S2. The van der Waals surface area contributed by atoms with Gasteiger partial charge >= 0.3 is 0 Å². The van der Waals surface area contributed by atoms with Gasteiger partial charge in [-0.3, -0.25) is 4.79 Å². The topological polar surface area (TPSA) is 66.5 Å². The van der Waals surface area contributed by atoms with Gasteiger partial charge in [-0.25, -0.2) is 8.42 Å². The lowest BCUT2D eigenvalue weighted by Crippen LogP contribution is -2.30. The van der Waals surface area contributed by atoms with Crippen molar-refractivity contribution in [1.82, 2.24) is 9.62 Å². The van der Waals surface area contributed by atoms with Crippen LogP contribution in [0.5, 0.6) is 0 Å². The molecule has 0 unspecified atom stereocenters. The van der Waals surface area contributed by atoms with Crippen molar-refractivity contribution < 1.29 is 13.2 Å². The summed E-state index contributed by atoms with van der Waals surface area (Å²) < 4.78 is 26.3. The summed E-state index contributed by atoms with van der Waals surface area (Å²) in [4.78, 5) is 13.4. The zero-order valence-corrected chi connectivity index (χ0v) is 17.4. The number of nitrogens with zero attached hydrogens (tertiary/aromatic N) is 1. The van der Waals surface area contributed by atoms with Crippen LogP contribution in [-0.2, 0) is 21.4 Å². The fourth-order valence-corrected chi connectivity index (χ4v) is 4.89. The molecule has 0 aliphatic heterocycles. The fourth-order valence-electron chi connectivity index (χ4n) is 2.56. The van der Waals surface area contributed by atoms with Gasteiger partial charge in [0, 0.05) is 36.7 Å². The van der Waals surface area contributed by atoms with Crippen molar-refractivity contribution in [3.05, 3.63) is 60.2 Å². The fraction of sp³-hybridized carbons (Fsp3) is 0.350. The van der Waals surface area contributed by atoms with E-state index in [-0.39, 0.29) is 10.8 Å². The van der Waals surface area contributed by atoms with Crippen LogP contribution in [0.15, 0.2) is 64.4 Å². The molecule has 0 aliphatic carbocycles. The molecule has 0 radical (unpaired) electrons. The smallest absolute Gasteiger partial charge is 0.243 e. The molecule has 0 atom stereocenters. The lowest BCUT2D eigenvalue weighted by molar-refractivity contribution is -0.120. The average Bonchev–Trinajstić information content (AvgIpc) is 2.68. The van der Waals surface area contributed by atoms with Gasteiger partial charge in [-0.15, -0.1) is 11.8 Å². The van der Waals surface area contributed by atoms with Crippen molar-refractivity contribution in [3.8, 4) is 0 Å². The van der Waals surface area contributed by atoms with E-state index in [1.54, 1.807) is 36.0 Å². The number of hydrogen-bond acceptors (Lipinski definition) is 4. The van der Waals surface area contributed by atoms with Crippen LogP contribution in [0.3, 0.4) is 0 Å². The number of hydrogen-bond donors (Lipinski definition) is 1. The molecule has 0 bridgehead atoms. The van der Waals surface area contributed by atoms with Crippen molar-refractivity contribution in [3.63, 3.8) is 0 Å². The van der Waals surface area contributed by atoms with E-state index in [0.29, 0.717) is 26.1 Å². The van der Waals surface area contributed by atoms with E-state index in [1.807, 2.05) is 44.2 Å². The van der Waals surface area contributed by atoms with Gasteiger partial charge in [-0.1, -0.05) is 44.2 Å². The highest BCUT2D eigenvalue weighted by molar-refractivity contribution is 7.99. The Morgan fingerprint density at radius 2 is 1.63 bits per heavy atom. The van der Waals surface area contributed by atoms with Gasteiger partial charge in [-0.2, -0.15) is 4.31 Å². The van der Waals surface area contributed by atoms with Crippen molar-refractivity contribution in [1.29, 1.82) is 0 Å². The first-order valence-corrected chi connectivity index (χ1v) is 11.4. The standard InChI is InChI=1S/C20H26N2O3S2/c1-3-22(4-2)27(24,25)19-12-10-17(11-13-19)16-21-20(23)14-15-26-18-8-6-5-7-9-18/h5-13H,3-4,14-16H2,1-2H3,(H,21,23). The van der Waals surface area contributed by atoms with Crippen LogP contribution >= 0.6 is 11.8 Å². The molecule has 2 aromatic carbocycles. The highest BCUT2D eigenvalue weighted by Crippen LogP contribution is 2.18. The Labute approximate surface area is 166 Å². The summed E-state index contributed by atoms with van der Waals surface area (Å²) in [6, 6.07) is 16.7. The Bertz CT molecular complexity index is 818. The largest absolute Gasteiger partial charge is 0.352 e. The van der Waals surface area contributed by atoms with Crippen molar-refractivity contribution >= 4 is 27.7 Å². The molecule has 27 heavy (non-hydrogen) atoms. The van der Waals surface area contributed by atoms with Crippen LogP contribution in [0.1, 0.15) is 25.8 Å². The molecule has 0 saturated heterocycles. The zero-order valence-electron chi connectivity index (χ0n) is 15.7. The summed E-state index contributed by atoms with van der Waals surface area (Å²) >= 11 is 1.65. The van der Waals surface area contributed by atoms with Gasteiger partial charge in [0.15, 0.2) is 0 Å². The van der Waals surface area contributed by atoms with Gasteiger partial charge < -0.3 is 5.32 Å². The van der Waals surface area contributed by atoms with Gasteiger partial charge in [0.05, 0.1) is 4.90 Å². The number of carbonyl (C=O) groups is 1. The Kier molecular flexibility index (Phi) is 8.34. The molecular weight excluding hydrogens is 380 g/mol. The molecule has 0 aromatic heterocycles. The van der Waals surface area contributed by atoms with E-state index in [9.17, 15) is 13.2 Å². The molecule has 0 heterocycles. The lowest BCUT2D eigenvalue weighted by Gasteiger charge is -2.18. The third-order valence-corrected chi connectivity index (χ3v) is 7.18. The second-order valence-corrected chi connectivity index (χ2v) is 9.03. The molecule has 146 valence electrons. The van der Waals surface area contributed by atoms with E-state index in [2.05, 4.69) is 5.32 Å². The van der Waals surface area contributed by atoms with E-state index >= 15 is 0 Å². The van der Waals surface area contributed by atoms with Crippen LogP contribution in [-0.4, -0.2) is 37.5 Å². The molecule has 0 fully saturated rings. The lowest BCUT2D eigenvalue weighted by atomic mass is 10.2. The van der Waals surface area contributed by atoms with Gasteiger partial charge in [0.1, 0.15) is 0 Å². The molecule has 5 nitrogen and oxygen atoms in total. The first-order valence-electron chi connectivity index (χ1n) is 9.01. The van der Waals surface area contributed by atoms with E-state index in [0.717, 1.165) is 16.2 Å². The number of carbonyl (C=O) groups excluding carboxylic acids is 1. The predicted octanol–water partition coefficient (Wildman–Crippen LogP) is 3.52. The molecule has 0 spiro atoms. The Morgan fingerprint density at radius 1 is 1.00 bits per heavy atom. The van der Waals surface area contributed by atoms with Gasteiger partial charge in [-0.05, 0) is 29.8 Å². The molecule has 0 aliphatic rings. The third kappa shape index (κ3) is 6.37. The molecule has 0 saturated carbocycles. The van der Waals surface area contributed by atoms with E-state index in [1.165, 1.54) is 4.31 Å². The number of nitrogens with one attached hydrogen (secondary N) is 1. The maximum Gasteiger partial charge on any atom is 0.243 e. The highest BCUT2D eigenvalue weighted by Gasteiger charge is 2.21. The highest BCUT2D eigenvalue weighted by atomic mass is 32.2. The summed E-state index contributed by atoms with van der Waals surface area (Å²) in [6.07, 6.45) is 0.438. The zero-order chi connectivity index (χ0) is 19.7. The third-order valence-electron chi connectivity index (χ3n) is 4.10. The molecule has 2 aromatic rings. The minimum atomic E-state index is -3.44. The van der Waals surface area contributed by atoms with E-state index < -0.39 is 10.0 Å². The van der Waals surface area contributed by atoms with Crippen LogP contribution in [0.25, 0.3) is 0 Å². The number of sulfonamides is 1. The van der Waals surface area contributed by atoms with Crippen LogP contribution in [0.4, 0.5) is 0 Å². The summed E-state index contributed by atoms with van der Waals surface area (Å²) in [5.74, 6) is 0.704. The quantitative estimate of drug-likeness (QED) is 0.613. The summed E-state index contributed by atoms with van der Waals surface area (Å²) in [7, 11) is -3.44. The van der Waals surface area contributed by atoms with Crippen molar-refractivity contribution in [2.24, 2.45) is 0 Å². The summed E-state index contributed by atoms with van der Waals surface area (Å²) in [6.45, 7) is 4.91. The Hall–Kier alpha value is -1.83. The second kappa shape index (κ2) is 10.5. The first kappa shape index (κ1) is 21.5. The number of thioether (sulfide) groups is 1. The second-order valence-electron chi connectivity index (χ2n) is 5.92. The molecule has 1 amide bonds. The number of rotatable bonds is 10. The monoisotopic (exact) mass is 406 g/mol. The minimum absolute atomic E-state index is 0.0155. The maximum absolute atomic E-state index is 12.5. The predicted molar refractivity (Wildman–Crippen MR) is 110 cm³/mol. The van der Waals surface area contributed by atoms with Crippen LogP contribution in [0.2, 0.25) is 0 Å². The summed E-state index contributed by atoms with van der Waals surface area (Å²) in [5, 5.41) is 2.88. The van der Waals surface area contributed by atoms with Crippen molar-refractivity contribution in [2.75, 3.05) is 18.8 Å². The molecule has 1 N–H and O–H groups in total. The SMILES string of the molecule is CCN(CC)S(=O)(=O)c1ccc(CNC(=O)CCSc2ccccc2)cc1. The van der Waals surface area contributed by atoms with Crippen LogP contribution < -0.4 is 5.32 Å². The normalized spacial score (nSPS) is 11.5. The number of amides is 1. The molecule has 2 rings (SSSR count). The Balaban J connectivity index is 1.81.